The summed E-state index contributed by atoms with van der Waals surface area (Å²) < 4.78 is 28.2. The second-order valence-electron chi connectivity index (χ2n) is 4.17. The van der Waals surface area contributed by atoms with Crippen molar-refractivity contribution >= 4 is 27.2 Å². The first-order valence-corrected chi connectivity index (χ1v) is 7.30. The number of nitro benzene ring substituents is 1. The van der Waals surface area contributed by atoms with E-state index >= 15 is 0 Å². The van der Waals surface area contributed by atoms with Crippen molar-refractivity contribution in [3.63, 3.8) is 0 Å². The highest BCUT2D eigenvalue weighted by atomic mass is 32.2. The number of sulfonamides is 1. The van der Waals surface area contributed by atoms with E-state index in [-0.39, 0.29) is 22.1 Å². The summed E-state index contributed by atoms with van der Waals surface area (Å²) >= 11 is 0. The average Bonchev–Trinajstić information content (AvgIpc) is 2.82. The minimum Gasteiger partial charge on any atom is -0.383 e. The second kappa shape index (κ2) is 5.40. The predicted molar refractivity (Wildman–Crippen MR) is 76.7 cm³/mol. The Morgan fingerprint density at radius 3 is 2.57 bits per heavy atom. The summed E-state index contributed by atoms with van der Waals surface area (Å²) in [5, 5.41) is 17.3. The van der Waals surface area contributed by atoms with Crippen LogP contribution in [0.3, 0.4) is 0 Å². The number of nitrogens with zero attached hydrogens (tertiary/aromatic N) is 3. The molecule has 0 bridgehead atoms. The van der Waals surface area contributed by atoms with Gasteiger partial charge in [-0.3, -0.25) is 19.5 Å². The van der Waals surface area contributed by atoms with Crippen LogP contribution in [0.1, 0.15) is 0 Å². The van der Waals surface area contributed by atoms with E-state index in [4.69, 9.17) is 0 Å². The van der Waals surface area contributed by atoms with Gasteiger partial charge in [-0.25, -0.2) is 8.42 Å². The van der Waals surface area contributed by atoms with Gasteiger partial charge in [-0.15, -0.1) is 0 Å². The minimum atomic E-state index is -3.86. The van der Waals surface area contributed by atoms with Crippen LogP contribution in [-0.4, -0.2) is 30.2 Å². The summed E-state index contributed by atoms with van der Waals surface area (Å²) in [6.07, 6.45) is 1.59. The van der Waals surface area contributed by atoms with Crippen molar-refractivity contribution in [1.82, 2.24) is 9.78 Å². The fourth-order valence-electron chi connectivity index (χ4n) is 1.71. The van der Waals surface area contributed by atoms with Gasteiger partial charge in [0, 0.05) is 32.4 Å². The summed E-state index contributed by atoms with van der Waals surface area (Å²) in [7, 11) is -0.731. The molecule has 1 aromatic heterocycles. The van der Waals surface area contributed by atoms with Crippen molar-refractivity contribution in [2.24, 2.45) is 7.05 Å². The van der Waals surface area contributed by atoms with Crippen molar-refractivity contribution in [2.45, 2.75) is 4.90 Å². The Kier molecular flexibility index (Phi) is 3.80. The molecule has 10 heteroatoms. The van der Waals surface area contributed by atoms with Gasteiger partial charge in [0.25, 0.3) is 15.7 Å². The van der Waals surface area contributed by atoms with Gasteiger partial charge in [0.2, 0.25) is 0 Å². The summed E-state index contributed by atoms with van der Waals surface area (Å²) in [6.45, 7) is 0. The lowest BCUT2D eigenvalue weighted by molar-refractivity contribution is -0.384. The summed E-state index contributed by atoms with van der Waals surface area (Å²) in [5.74, 6) is 0.168. The molecule has 0 saturated carbocycles. The predicted octanol–water partition coefficient (Wildman–Crippen LogP) is 1.17. The van der Waals surface area contributed by atoms with Gasteiger partial charge in [-0.1, -0.05) is 0 Å². The largest absolute Gasteiger partial charge is 0.383 e. The van der Waals surface area contributed by atoms with Crippen molar-refractivity contribution in [3.05, 3.63) is 40.6 Å². The molecule has 0 amide bonds. The lowest BCUT2D eigenvalue weighted by atomic mass is 10.3. The average molecular weight is 311 g/mol. The fraction of sp³-hybridized carbons (Fsp3) is 0.182. The molecule has 0 atom stereocenters. The van der Waals surface area contributed by atoms with Crippen molar-refractivity contribution < 1.29 is 13.3 Å². The third-order valence-corrected chi connectivity index (χ3v) is 4.05. The van der Waals surface area contributed by atoms with Crippen molar-refractivity contribution in [1.29, 1.82) is 0 Å². The SMILES string of the molecule is CNc1cc(S(=O)(=O)Nc2ccn(C)n2)ccc1[N+](=O)[O-]. The number of hydrogen-bond acceptors (Lipinski definition) is 6. The summed E-state index contributed by atoms with van der Waals surface area (Å²) in [4.78, 5) is 10.1. The summed E-state index contributed by atoms with van der Waals surface area (Å²) in [5.41, 5.74) is -0.0850. The van der Waals surface area contributed by atoms with E-state index in [0.29, 0.717) is 0 Å². The first-order valence-electron chi connectivity index (χ1n) is 5.82. The molecule has 0 spiro atoms. The van der Waals surface area contributed by atoms with E-state index in [1.54, 1.807) is 13.2 Å². The maximum absolute atomic E-state index is 12.2. The van der Waals surface area contributed by atoms with Crippen LogP contribution >= 0.6 is 0 Å². The monoisotopic (exact) mass is 311 g/mol. The van der Waals surface area contributed by atoms with Crippen LogP contribution in [0.15, 0.2) is 35.4 Å². The van der Waals surface area contributed by atoms with Crippen LogP contribution in [0, 0.1) is 10.1 Å². The van der Waals surface area contributed by atoms with E-state index in [2.05, 4.69) is 15.1 Å². The Morgan fingerprint density at radius 1 is 1.33 bits per heavy atom. The highest BCUT2D eigenvalue weighted by molar-refractivity contribution is 7.92. The zero-order valence-electron chi connectivity index (χ0n) is 11.3. The zero-order valence-corrected chi connectivity index (χ0v) is 12.1. The van der Waals surface area contributed by atoms with Crippen LogP contribution in [-0.2, 0) is 17.1 Å². The van der Waals surface area contributed by atoms with Gasteiger partial charge in [-0.05, 0) is 12.1 Å². The smallest absolute Gasteiger partial charge is 0.292 e. The Morgan fingerprint density at radius 2 is 2.05 bits per heavy atom. The molecule has 0 fully saturated rings. The first kappa shape index (κ1) is 14.8. The van der Waals surface area contributed by atoms with Crippen molar-refractivity contribution in [3.8, 4) is 0 Å². The standard InChI is InChI=1S/C11H13N5O4S/c1-12-9-7-8(3-4-10(9)16(17)18)21(19,20)14-11-5-6-15(2)13-11/h3-7,12H,1-2H3,(H,13,14). The molecule has 0 aliphatic rings. The molecule has 9 nitrogen and oxygen atoms in total. The molecular weight excluding hydrogens is 298 g/mol. The summed E-state index contributed by atoms with van der Waals surface area (Å²) in [6, 6.07) is 5.01. The number of nitrogens with one attached hydrogen (secondary N) is 2. The number of aryl methyl sites for hydroxylation is 1. The Labute approximate surface area is 120 Å². The highest BCUT2D eigenvalue weighted by Gasteiger charge is 2.20. The van der Waals surface area contributed by atoms with Gasteiger partial charge in [0.15, 0.2) is 5.82 Å². The molecule has 21 heavy (non-hydrogen) atoms. The van der Waals surface area contributed by atoms with E-state index in [1.807, 2.05) is 0 Å². The maximum Gasteiger partial charge on any atom is 0.292 e. The number of nitro groups is 1. The van der Waals surface area contributed by atoms with E-state index in [1.165, 1.54) is 29.9 Å². The van der Waals surface area contributed by atoms with Crippen LogP contribution < -0.4 is 10.0 Å². The van der Waals surface area contributed by atoms with E-state index in [9.17, 15) is 18.5 Å². The van der Waals surface area contributed by atoms with Crippen LogP contribution in [0.4, 0.5) is 17.2 Å². The number of benzene rings is 1. The Bertz CT molecular complexity index is 784. The third-order valence-electron chi connectivity index (χ3n) is 2.70. The van der Waals surface area contributed by atoms with Gasteiger partial charge in [0.1, 0.15) is 5.69 Å². The maximum atomic E-state index is 12.2. The number of hydrogen-bond donors (Lipinski definition) is 2. The molecule has 0 unspecified atom stereocenters. The molecule has 0 aliphatic carbocycles. The highest BCUT2D eigenvalue weighted by Crippen LogP contribution is 2.27. The fourth-order valence-corrected chi connectivity index (χ4v) is 2.73. The molecule has 112 valence electrons. The lowest BCUT2D eigenvalue weighted by Crippen LogP contribution is -2.14. The molecule has 0 radical (unpaired) electrons. The number of aromatic nitrogens is 2. The molecular formula is C11H13N5O4S. The third kappa shape index (κ3) is 3.11. The van der Waals surface area contributed by atoms with Crippen LogP contribution in [0.5, 0.6) is 0 Å². The van der Waals surface area contributed by atoms with Gasteiger partial charge >= 0.3 is 0 Å². The molecule has 2 aromatic rings. The Balaban J connectivity index is 2.38. The van der Waals surface area contributed by atoms with Gasteiger partial charge in [-0.2, -0.15) is 5.10 Å². The first-order chi connectivity index (χ1) is 9.83. The van der Waals surface area contributed by atoms with Crippen LogP contribution in [0.25, 0.3) is 0 Å². The molecule has 0 aliphatic heterocycles. The molecule has 2 N–H and O–H groups in total. The molecule has 1 heterocycles. The minimum absolute atomic E-state index is 0.0943. The zero-order chi connectivity index (χ0) is 15.6. The number of anilines is 2. The van der Waals surface area contributed by atoms with E-state index < -0.39 is 14.9 Å². The quantitative estimate of drug-likeness (QED) is 0.632. The number of rotatable bonds is 5. The van der Waals surface area contributed by atoms with E-state index in [0.717, 1.165) is 6.07 Å². The van der Waals surface area contributed by atoms with Crippen molar-refractivity contribution in [2.75, 3.05) is 17.1 Å². The molecule has 0 saturated heterocycles. The van der Waals surface area contributed by atoms with Crippen LogP contribution in [0.2, 0.25) is 0 Å². The normalized spacial score (nSPS) is 11.1. The molecule has 2 rings (SSSR count). The van der Waals surface area contributed by atoms with Gasteiger partial charge < -0.3 is 5.32 Å². The topological polar surface area (TPSA) is 119 Å². The molecule has 1 aromatic carbocycles. The second-order valence-corrected chi connectivity index (χ2v) is 5.85. The van der Waals surface area contributed by atoms with Gasteiger partial charge in [0.05, 0.1) is 9.82 Å². The Hall–Kier alpha value is -2.62. The lowest BCUT2D eigenvalue weighted by Gasteiger charge is -2.08.